The molecule has 0 amide bonds. The summed E-state index contributed by atoms with van der Waals surface area (Å²) < 4.78 is 5.42. The van der Waals surface area contributed by atoms with E-state index in [9.17, 15) is 5.21 Å². The average Bonchev–Trinajstić information content (AvgIpc) is 2.29. The van der Waals surface area contributed by atoms with Crippen molar-refractivity contribution < 1.29 is 9.94 Å². The first-order valence-electron chi connectivity index (χ1n) is 4.92. The first-order chi connectivity index (χ1) is 7.34. The molecule has 1 N–H and O–H groups in total. The molecule has 3 rings (SSSR count). The van der Waals surface area contributed by atoms with Gasteiger partial charge in [0.25, 0.3) is 0 Å². The molecule has 1 heterocycles. The van der Waals surface area contributed by atoms with E-state index in [1.165, 1.54) is 10.4 Å². The van der Waals surface area contributed by atoms with Crippen LogP contribution >= 0.6 is 0 Å². The van der Waals surface area contributed by atoms with Crippen molar-refractivity contribution in [1.82, 2.24) is 5.06 Å². The molecule has 2 aromatic carbocycles. The zero-order valence-electron chi connectivity index (χ0n) is 8.18. The van der Waals surface area contributed by atoms with Gasteiger partial charge in [-0.15, -0.1) is 0 Å². The fourth-order valence-corrected chi connectivity index (χ4v) is 1.99. The highest BCUT2D eigenvalue weighted by molar-refractivity contribution is 5.87. The van der Waals surface area contributed by atoms with Crippen LogP contribution in [0.1, 0.15) is 5.56 Å². The summed E-state index contributed by atoms with van der Waals surface area (Å²) in [5, 5.41) is 12.9. The van der Waals surface area contributed by atoms with Crippen molar-refractivity contribution in [3.8, 4) is 5.75 Å². The molecule has 0 aromatic heterocycles. The highest BCUT2D eigenvalue weighted by Crippen LogP contribution is 2.31. The van der Waals surface area contributed by atoms with E-state index in [2.05, 4.69) is 12.1 Å². The molecule has 0 saturated carbocycles. The number of rotatable bonds is 0. The lowest BCUT2D eigenvalue weighted by atomic mass is 10.0. The molecule has 0 atom stereocenters. The van der Waals surface area contributed by atoms with Gasteiger partial charge in [-0.25, -0.2) is 0 Å². The van der Waals surface area contributed by atoms with E-state index in [1.54, 1.807) is 0 Å². The maximum atomic E-state index is 9.42. The molecule has 0 unspecified atom stereocenters. The normalized spacial score (nSPS) is 16.1. The Morgan fingerprint density at radius 2 is 2.00 bits per heavy atom. The first kappa shape index (κ1) is 8.71. The quantitative estimate of drug-likeness (QED) is 0.710. The smallest absolute Gasteiger partial charge is 0.164 e. The molecular formula is C12H11NO2. The van der Waals surface area contributed by atoms with Crippen LogP contribution in [0.3, 0.4) is 0 Å². The highest BCUT2D eigenvalue weighted by atomic mass is 16.6. The van der Waals surface area contributed by atoms with Gasteiger partial charge in [0, 0.05) is 5.56 Å². The summed E-state index contributed by atoms with van der Waals surface area (Å²) in [6, 6.07) is 12.1. The molecule has 0 saturated heterocycles. The molecule has 0 aliphatic carbocycles. The molecule has 0 bridgehead atoms. The van der Waals surface area contributed by atoms with Crippen LogP contribution in [0, 0.1) is 0 Å². The Kier molecular flexibility index (Phi) is 1.87. The van der Waals surface area contributed by atoms with Gasteiger partial charge in [0.1, 0.15) is 5.75 Å². The van der Waals surface area contributed by atoms with Gasteiger partial charge in [0.2, 0.25) is 0 Å². The van der Waals surface area contributed by atoms with Crippen molar-refractivity contribution in [3.05, 3.63) is 42.0 Å². The minimum Gasteiger partial charge on any atom is -0.476 e. The molecule has 0 spiro atoms. The summed E-state index contributed by atoms with van der Waals surface area (Å²) in [6.45, 7) is 0.766. The molecule has 0 fully saturated rings. The Balaban J connectivity index is 2.28. The second-order valence-electron chi connectivity index (χ2n) is 3.70. The van der Waals surface area contributed by atoms with Gasteiger partial charge < -0.3 is 9.94 Å². The predicted octanol–water partition coefficient (Wildman–Crippen LogP) is 2.38. The fraction of sp³-hybridized carbons (Fsp3) is 0.167. The van der Waals surface area contributed by atoms with Crippen LogP contribution in [0.25, 0.3) is 10.8 Å². The third kappa shape index (κ3) is 1.37. The van der Waals surface area contributed by atoms with Crippen LogP contribution in [-0.4, -0.2) is 17.0 Å². The number of nitrogens with zero attached hydrogens (tertiary/aromatic N) is 1. The zero-order chi connectivity index (χ0) is 10.3. The van der Waals surface area contributed by atoms with Crippen LogP contribution in [-0.2, 0) is 6.54 Å². The van der Waals surface area contributed by atoms with Crippen molar-refractivity contribution in [3.63, 3.8) is 0 Å². The van der Waals surface area contributed by atoms with E-state index >= 15 is 0 Å². The molecule has 2 aromatic rings. The summed E-state index contributed by atoms with van der Waals surface area (Å²) in [4.78, 5) is 0. The Morgan fingerprint density at radius 1 is 1.13 bits per heavy atom. The van der Waals surface area contributed by atoms with Crippen molar-refractivity contribution in [2.45, 2.75) is 6.54 Å². The number of hydrogen-bond acceptors (Lipinski definition) is 3. The van der Waals surface area contributed by atoms with E-state index in [-0.39, 0.29) is 6.73 Å². The molecule has 3 heteroatoms. The fourth-order valence-electron chi connectivity index (χ4n) is 1.99. The minimum absolute atomic E-state index is 0.241. The van der Waals surface area contributed by atoms with Gasteiger partial charge >= 0.3 is 0 Å². The van der Waals surface area contributed by atoms with Gasteiger partial charge in [-0.05, 0) is 16.8 Å². The van der Waals surface area contributed by atoms with Gasteiger partial charge in [-0.2, -0.15) is 5.06 Å². The van der Waals surface area contributed by atoms with Crippen molar-refractivity contribution in [1.29, 1.82) is 0 Å². The lowest BCUT2D eigenvalue weighted by Gasteiger charge is -2.24. The summed E-state index contributed by atoms with van der Waals surface area (Å²) in [5.74, 6) is 0.874. The number of benzene rings is 2. The Morgan fingerprint density at radius 3 is 2.93 bits per heavy atom. The second kappa shape index (κ2) is 3.22. The zero-order valence-corrected chi connectivity index (χ0v) is 8.18. The molecule has 1 aliphatic heterocycles. The van der Waals surface area contributed by atoms with E-state index in [0.29, 0.717) is 6.54 Å². The lowest BCUT2D eigenvalue weighted by Crippen LogP contribution is -2.28. The molecule has 0 radical (unpaired) electrons. The van der Waals surface area contributed by atoms with Crippen LogP contribution in [0.2, 0.25) is 0 Å². The van der Waals surface area contributed by atoms with Gasteiger partial charge in [-0.3, -0.25) is 0 Å². The van der Waals surface area contributed by atoms with Gasteiger partial charge in [-0.1, -0.05) is 30.3 Å². The Bertz CT molecular complexity index is 510. The maximum Gasteiger partial charge on any atom is 0.164 e. The van der Waals surface area contributed by atoms with Gasteiger partial charge in [0.05, 0.1) is 6.54 Å². The SMILES string of the molecule is ON1COc2ccc3ccccc3c2C1. The van der Waals surface area contributed by atoms with Crippen molar-refractivity contribution in [2.75, 3.05) is 6.73 Å². The summed E-state index contributed by atoms with van der Waals surface area (Å²) >= 11 is 0. The second-order valence-corrected chi connectivity index (χ2v) is 3.70. The third-order valence-corrected chi connectivity index (χ3v) is 2.71. The van der Waals surface area contributed by atoms with Crippen LogP contribution < -0.4 is 4.74 Å². The molecule has 1 aliphatic rings. The highest BCUT2D eigenvalue weighted by Gasteiger charge is 2.17. The standard InChI is InChI=1S/C12H11NO2/c14-13-7-11-10-4-2-1-3-9(10)5-6-12(11)15-8-13/h1-6,14H,7-8H2. The third-order valence-electron chi connectivity index (χ3n) is 2.71. The predicted molar refractivity (Wildman–Crippen MR) is 56.8 cm³/mol. The molecule has 15 heavy (non-hydrogen) atoms. The van der Waals surface area contributed by atoms with Crippen molar-refractivity contribution in [2.24, 2.45) is 0 Å². The lowest BCUT2D eigenvalue weighted by molar-refractivity contribution is -0.151. The van der Waals surface area contributed by atoms with E-state index < -0.39 is 0 Å². The van der Waals surface area contributed by atoms with Crippen LogP contribution in [0.5, 0.6) is 5.75 Å². The number of fused-ring (bicyclic) bond motifs is 3. The molecular weight excluding hydrogens is 190 g/mol. The average molecular weight is 201 g/mol. The van der Waals surface area contributed by atoms with E-state index in [0.717, 1.165) is 16.7 Å². The topological polar surface area (TPSA) is 32.7 Å². The summed E-state index contributed by atoms with van der Waals surface area (Å²) in [6.07, 6.45) is 0. The summed E-state index contributed by atoms with van der Waals surface area (Å²) in [7, 11) is 0. The largest absolute Gasteiger partial charge is 0.476 e. The van der Waals surface area contributed by atoms with Crippen molar-refractivity contribution >= 4 is 10.8 Å². The van der Waals surface area contributed by atoms with E-state index in [1.807, 2.05) is 24.3 Å². The molecule has 76 valence electrons. The summed E-state index contributed by atoms with van der Waals surface area (Å²) in [5.41, 5.74) is 1.06. The maximum absolute atomic E-state index is 9.42. The monoisotopic (exact) mass is 201 g/mol. The van der Waals surface area contributed by atoms with Crippen LogP contribution in [0.4, 0.5) is 0 Å². The minimum atomic E-state index is 0.241. The van der Waals surface area contributed by atoms with Gasteiger partial charge in [0.15, 0.2) is 6.73 Å². The van der Waals surface area contributed by atoms with E-state index in [4.69, 9.17) is 4.74 Å². The molecule has 3 nitrogen and oxygen atoms in total. The number of hydroxylamine groups is 2. The Labute approximate surface area is 87.5 Å². The Hall–Kier alpha value is -1.58. The van der Waals surface area contributed by atoms with Crippen LogP contribution in [0.15, 0.2) is 36.4 Å². The first-order valence-corrected chi connectivity index (χ1v) is 4.92. The number of ether oxygens (including phenoxy) is 1. The number of hydrogen-bond donors (Lipinski definition) is 1.